The Morgan fingerprint density at radius 3 is 1.94 bits per heavy atom. The highest BCUT2D eigenvalue weighted by molar-refractivity contribution is 5.73. The first-order valence-electron chi connectivity index (χ1n) is 11.8. The number of amides is 1. The van der Waals surface area contributed by atoms with Crippen LogP contribution in [0.1, 0.15) is 84.0 Å². The Morgan fingerprint density at radius 2 is 1.42 bits per heavy atom. The Labute approximate surface area is 199 Å². The average Bonchev–Trinajstić information content (AvgIpc) is 2.75. The molecule has 0 unspecified atom stereocenters. The molecule has 0 saturated carbocycles. The van der Waals surface area contributed by atoms with Gasteiger partial charge in [-0.2, -0.15) is 0 Å². The van der Waals surface area contributed by atoms with Crippen LogP contribution >= 0.6 is 0 Å². The first kappa shape index (κ1) is 29.8. The Kier molecular flexibility index (Phi) is 19.8. The lowest BCUT2D eigenvalue weighted by molar-refractivity contribution is -0.697. The highest BCUT2D eigenvalue weighted by atomic mass is 79.9. The molecule has 1 amide bonds. The zero-order chi connectivity index (χ0) is 21.9. The number of aromatic nitrogens is 1. The second kappa shape index (κ2) is 20.7. The molecule has 0 spiro atoms. The zero-order valence-corrected chi connectivity index (χ0v) is 20.8. The number of pyridine rings is 1. The van der Waals surface area contributed by atoms with E-state index in [0.717, 1.165) is 19.4 Å². The molecule has 2 atom stereocenters. The van der Waals surface area contributed by atoms with Crippen LogP contribution in [0.3, 0.4) is 0 Å². The molecule has 0 aliphatic heterocycles. The van der Waals surface area contributed by atoms with Crippen molar-refractivity contribution in [3.8, 4) is 0 Å². The molecule has 0 aromatic carbocycles. The van der Waals surface area contributed by atoms with Crippen LogP contribution in [0.15, 0.2) is 42.7 Å². The van der Waals surface area contributed by atoms with E-state index in [9.17, 15) is 15.0 Å². The quantitative estimate of drug-likeness (QED) is 0.161. The summed E-state index contributed by atoms with van der Waals surface area (Å²) in [6, 6.07) is 5.61. The molecule has 1 rings (SSSR count). The fraction of sp³-hybridized carbons (Fsp3) is 0.680. The Hall–Kier alpha value is -1.24. The van der Waals surface area contributed by atoms with Gasteiger partial charge in [0.1, 0.15) is 6.54 Å². The van der Waals surface area contributed by atoms with Crippen LogP contribution in [0.25, 0.3) is 0 Å². The molecule has 31 heavy (non-hydrogen) atoms. The van der Waals surface area contributed by atoms with Crippen molar-refractivity contribution in [2.24, 2.45) is 0 Å². The lowest BCUT2D eigenvalue weighted by Crippen LogP contribution is -3.00. The van der Waals surface area contributed by atoms with E-state index in [-0.39, 0.29) is 29.5 Å². The summed E-state index contributed by atoms with van der Waals surface area (Å²) < 4.78 is 2.26. The number of allylic oxidation sites excluding steroid dienone is 1. The Bertz CT molecular complexity index is 569. The number of aryl methyl sites for hydroxylation is 1. The largest absolute Gasteiger partial charge is 1.00 e. The third-order valence-corrected chi connectivity index (χ3v) is 5.40. The summed E-state index contributed by atoms with van der Waals surface area (Å²) in [5.41, 5.74) is 0. The summed E-state index contributed by atoms with van der Waals surface area (Å²) in [7, 11) is 0. The SMILES string of the molecule is CC(=O)N[C@@H](CO)[C@@H](O)/C=C/CCCCCCCCCCCCC[n+]1ccccc1.[Br-]. The number of hydrogen-bond donors (Lipinski definition) is 3. The highest BCUT2D eigenvalue weighted by Crippen LogP contribution is 2.12. The van der Waals surface area contributed by atoms with Crippen LogP contribution in [0, 0.1) is 0 Å². The normalized spacial score (nSPS) is 13.0. The first-order valence-corrected chi connectivity index (χ1v) is 11.8. The topological polar surface area (TPSA) is 73.4 Å². The van der Waals surface area contributed by atoms with Crippen molar-refractivity contribution < 1.29 is 36.6 Å². The van der Waals surface area contributed by atoms with Crippen molar-refractivity contribution in [1.29, 1.82) is 0 Å². The molecular weight excluding hydrogens is 456 g/mol. The minimum Gasteiger partial charge on any atom is -1.00 e. The molecule has 0 radical (unpaired) electrons. The lowest BCUT2D eigenvalue weighted by atomic mass is 10.0. The van der Waals surface area contributed by atoms with Crippen molar-refractivity contribution in [1.82, 2.24) is 5.32 Å². The number of carbonyl (C=O) groups excluding carboxylic acids is 1. The Morgan fingerprint density at radius 1 is 0.903 bits per heavy atom. The monoisotopic (exact) mass is 498 g/mol. The second-order valence-corrected chi connectivity index (χ2v) is 8.20. The maximum Gasteiger partial charge on any atom is 0.217 e. The Balaban J connectivity index is 0.00000900. The smallest absolute Gasteiger partial charge is 0.217 e. The van der Waals surface area contributed by atoms with Gasteiger partial charge < -0.3 is 32.5 Å². The molecule has 1 aromatic rings. The van der Waals surface area contributed by atoms with Crippen molar-refractivity contribution in [3.05, 3.63) is 42.7 Å². The molecule has 1 aromatic heterocycles. The van der Waals surface area contributed by atoms with Gasteiger partial charge in [0.05, 0.1) is 18.8 Å². The van der Waals surface area contributed by atoms with Crippen LogP contribution in [-0.4, -0.2) is 34.9 Å². The number of unbranched alkanes of at least 4 members (excludes halogenated alkanes) is 11. The van der Waals surface area contributed by atoms with E-state index >= 15 is 0 Å². The summed E-state index contributed by atoms with van der Waals surface area (Å²) in [5, 5.41) is 21.7. The van der Waals surface area contributed by atoms with Crippen LogP contribution in [0.4, 0.5) is 0 Å². The van der Waals surface area contributed by atoms with Crippen LogP contribution < -0.4 is 26.9 Å². The fourth-order valence-electron chi connectivity index (χ4n) is 3.60. The van der Waals surface area contributed by atoms with E-state index in [0.29, 0.717) is 0 Å². The number of aliphatic hydroxyl groups is 2. The van der Waals surface area contributed by atoms with Gasteiger partial charge in [0.15, 0.2) is 12.4 Å². The fourth-order valence-corrected chi connectivity index (χ4v) is 3.60. The van der Waals surface area contributed by atoms with E-state index in [1.165, 1.54) is 71.1 Å². The number of halogens is 1. The van der Waals surface area contributed by atoms with E-state index in [2.05, 4.69) is 40.5 Å². The summed E-state index contributed by atoms with van der Waals surface area (Å²) in [4.78, 5) is 11.0. The molecule has 0 bridgehead atoms. The van der Waals surface area contributed by atoms with Crippen molar-refractivity contribution in [2.45, 2.75) is 103 Å². The molecule has 3 N–H and O–H groups in total. The van der Waals surface area contributed by atoms with Gasteiger partial charge in [-0.05, 0) is 19.3 Å². The lowest BCUT2D eigenvalue weighted by Gasteiger charge is -2.18. The van der Waals surface area contributed by atoms with Gasteiger partial charge in [0.2, 0.25) is 5.91 Å². The van der Waals surface area contributed by atoms with E-state index in [1.54, 1.807) is 6.08 Å². The molecule has 6 heteroatoms. The first-order chi connectivity index (χ1) is 14.6. The van der Waals surface area contributed by atoms with E-state index in [4.69, 9.17) is 0 Å². The third kappa shape index (κ3) is 17.0. The summed E-state index contributed by atoms with van der Waals surface area (Å²) >= 11 is 0. The molecule has 1 heterocycles. The highest BCUT2D eigenvalue weighted by Gasteiger charge is 2.15. The van der Waals surface area contributed by atoms with Crippen LogP contribution in [0.5, 0.6) is 0 Å². The summed E-state index contributed by atoms with van der Waals surface area (Å²) in [6.07, 6.45) is 22.3. The molecular formula is C25H43BrN2O3. The molecule has 5 nitrogen and oxygen atoms in total. The van der Waals surface area contributed by atoms with Gasteiger partial charge >= 0.3 is 0 Å². The molecule has 0 saturated heterocycles. The minimum absolute atomic E-state index is 0. The van der Waals surface area contributed by atoms with Gasteiger partial charge in [-0.3, -0.25) is 4.79 Å². The number of carbonyl (C=O) groups is 1. The zero-order valence-electron chi connectivity index (χ0n) is 19.2. The van der Waals surface area contributed by atoms with Crippen molar-refractivity contribution >= 4 is 5.91 Å². The number of nitrogens with one attached hydrogen (secondary N) is 1. The van der Waals surface area contributed by atoms with E-state index in [1.807, 2.05) is 6.08 Å². The van der Waals surface area contributed by atoms with Gasteiger partial charge in [-0.25, -0.2) is 4.57 Å². The molecule has 0 fully saturated rings. The third-order valence-electron chi connectivity index (χ3n) is 5.40. The van der Waals surface area contributed by atoms with Gasteiger partial charge in [0, 0.05) is 25.5 Å². The summed E-state index contributed by atoms with van der Waals surface area (Å²) in [6.45, 7) is 2.25. The van der Waals surface area contributed by atoms with Gasteiger partial charge in [-0.15, -0.1) is 0 Å². The van der Waals surface area contributed by atoms with E-state index < -0.39 is 12.1 Å². The van der Waals surface area contributed by atoms with Crippen LogP contribution in [-0.2, 0) is 11.3 Å². The number of rotatable bonds is 18. The average molecular weight is 500 g/mol. The minimum atomic E-state index is -0.837. The van der Waals surface area contributed by atoms with Gasteiger partial charge in [-0.1, -0.05) is 69.6 Å². The van der Waals surface area contributed by atoms with Crippen molar-refractivity contribution in [3.63, 3.8) is 0 Å². The number of aliphatic hydroxyl groups excluding tert-OH is 2. The maximum absolute atomic E-state index is 11.0. The molecule has 0 aliphatic rings. The second-order valence-electron chi connectivity index (χ2n) is 8.20. The standard InChI is InChI=1S/C25H42N2O3.BrH/c1-23(29)26-24(22-28)25(30)18-14-11-9-7-5-3-2-4-6-8-10-12-15-19-27-20-16-13-17-21-27;/h13-14,16-18,20-21,24-25,28,30H,2-12,15,19,22H2,1H3;1H/b18-14+;/t24-,25-;/m0./s1. The maximum atomic E-state index is 11.0. The van der Waals surface area contributed by atoms with Crippen molar-refractivity contribution in [2.75, 3.05) is 6.61 Å². The van der Waals surface area contributed by atoms with Crippen LogP contribution in [0.2, 0.25) is 0 Å². The van der Waals surface area contributed by atoms with Gasteiger partial charge in [0.25, 0.3) is 0 Å². The molecule has 178 valence electrons. The number of nitrogens with zero attached hydrogens (tertiary/aromatic N) is 1. The molecule has 0 aliphatic carbocycles. The number of hydrogen-bond acceptors (Lipinski definition) is 3. The summed E-state index contributed by atoms with van der Waals surface area (Å²) in [5.74, 6) is -0.247. The predicted octanol–water partition coefficient (Wildman–Crippen LogP) is 1.07. The predicted molar refractivity (Wildman–Crippen MR) is 122 cm³/mol.